The molecule has 0 bridgehead atoms. The van der Waals surface area contributed by atoms with E-state index in [-0.39, 0.29) is 17.3 Å². The molecule has 18 heavy (non-hydrogen) atoms. The Hall–Kier alpha value is -2.64. The number of anilines is 2. The third-order valence-electron chi connectivity index (χ3n) is 2.29. The summed E-state index contributed by atoms with van der Waals surface area (Å²) < 4.78 is 5.04. The Balaban J connectivity index is 2.41. The number of nitrogen functional groups attached to an aromatic ring is 1. The summed E-state index contributed by atoms with van der Waals surface area (Å²) in [7, 11) is 3.54. The normalized spacial score (nSPS) is 10.3. The minimum absolute atomic E-state index is 0.0800. The zero-order chi connectivity index (χ0) is 13.3. The topological polar surface area (TPSA) is 111 Å². The number of rotatable bonds is 3. The van der Waals surface area contributed by atoms with Crippen molar-refractivity contribution in [1.29, 1.82) is 0 Å². The summed E-state index contributed by atoms with van der Waals surface area (Å²) in [6.07, 6.45) is 0. The van der Waals surface area contributed by atoms with Gasteiger partial charge in [0.2, 0.25) is 0 Å². The van der Waals surface area contributed by atoms with Crippen LogP contribution >= 0.6 is 0 Å². The van der Waals surface area contributed by atoms with Crippen LogP contribution in [-0.2, 0) is 0 Å². The maximum absolute atomic E-state index is 10.6. The Bertz CT molecular complexity index is 593. The Kier molecular flexibility index (Phi) is 2.84. The molecule has 0 saturated heterocycles. The first-order valence-corrected chi connectivity index (χ1v) is 5.04. The summed E-state index contributed by atoms with van der Waals surface area (Å²) in [5.41, 5.74) is 6.34. The van der Waals surface area contributed by atoms with Gasteiger partial charge >= 0.3 is 0 Å². The van der Waals surface area contributed by atoms with Crippen molar-refractivity contribution in [1.82, 2.24) is 10.1 Å². The molecule has 2 aromatic rings. The van der Waals surface area contributed by atoms with Crippen molar-refractivity contribution < 1.29 is 9.45 Å². The van der Waals surface area contributed by atoms with E-state index in [2.05, 4.69) is 10.1 Å². The predicted octanol–water partition coefficient (Wildman–Crippen LogP) is 1.29. The summed E-state index contributed by atoms with van der Waals surface area (Å²) in [5.74, 6) is 0.633. The molecule has 8 nitrogen and oxygen atoms in total. The van der Waals surface area contributed by atoms with E-state index >= 15 is 0 Å². The molecule has 1 heterocycles. The average molecular weight is 249 g/mol. The second-order valence-electron chi connectivity index (χ2n) is 3.82. The summed E-state index contributed by atoms with van der Waals surface area (Å²) in [5, 5.41) is 14.3. The Morgan fingerprint density at radius 1 is 1.44 bits per heavy atom. The van der Waals surface area contributed by atoms with Gasteiger partial charge in [0.05, 0.1) is 16.2 Å². The molecule has 2 rings (SSSR count). The zero-order valence-electron chi connectivity index (χ0n) is 9.82. The number of hydrogen-bond acceptors (Lipinski definition) is 7. The monoisotopic (exact) mass is 249 g/mol. The molecule has 1 aromatic carbocycles. The van der Waals surface area contributed by atoms with Gasteiger partial charge in [-0.05, 0) is 11.2 Å². The highest BCUT2D eigenvalue weighted by molar-refractivity contribution is 5.73. The van der Waals surface area contributed by atoms with E-state index in [0.717, 1.165) is 0 Å². The number of nitro benzene ring substituents is 1. The third kappa shape index (κ3) is 2.08. The number of non-ortho nitro benzene ring substituents is 1. The van der Waals surface area contributed by atoms with Gasteiger partial charge in [-0.1, -0.05) is 0 Å². The van der Waals surface area contributed by atoms with Crippen LogP contribution in [0.5, 0.6) is 0 Å². The molecule has 0 spiro atoms. The fraction of sp³-hybridized carbons (Fsp3) is 0.200. The van der Waals surface area contributed by atoms with Crippen molar-refractivity contribution in [2.24, 2.45) is 0 Å². The van der Waals surface area contributed by atoms with Gasteiger partial charge in [0.1, 0.15) is 0 Å². The van der Waals surface area contributed by atoms with Gasteiger partial charge in [-0.15, -0.1) is 0 Å². The number of nitro groups is 1. The van der Waals surface area contributed by atoms with Crippen molar-refractivity contribution in [2.75, 3.05) is 24.7 Å². The molecular weight excluding hydrogens is 238 g/mol. The van der Waals surface area contributed by atoms with Crippen LogP contribution in [-0.4, -0.2) is 29.2 Å². The molecule has 0 saturated carbocycles. The number of nitrogens with zero attached hydrogens (tertiary/aromatic N) is 4. The lowest BCUT2D eigenvalue weighted by Gasteiger charge is -2.02. The minimum Gasteiger partial charge on any atom is -0.398 e. The predicted molar refractivity (Wildman–Crippen MR) is 65.1 cm³/mol. The molecule has 0 fully saturated rings. The van der Waals surface area contributed by atoms with Crippen LogP contribution in [0.3, 0.4) is 0 Å². The number of benzene rings is 1. The van der Waals surface area contributed by atoms with E-state index in [1.54, 1.807) is 19.0 Å². The maximum Gasteiger partial charge on any atom is 0.271 e. The van der Waals surface area contributed by atoms with Gasteiger partial charge in [-0.25, -0.2) is 0 Å². The van der Waals surface area contributed by atoms with Crippen LogP contribution in [0.2, 0.25) is 0 Å². The van der Waals surface area contributed by atoms with Gasteiger partial charge in [0, 0.05) is 26.2 Å². The van der Waals surface area contributed by atoms with Crippen LogP contribution in [0.4, 0.5) is 17.3 Å². The standard InChI is InChI=1S/C10H11N5O3/c1-14(2)10-12-9(18-13-10)7-4-3-6(15(16)17)5-8(7)11/h3-5H,11H2,1-2H3. The van der Waals surface area contributed by atoms with Gasteiger partial charge in [0.25, 0.3) is 17.5 Å². The molecule has 8 heteroatoms. The Morgan fingerprint density at radius 2 is 2.17 bits per heavy atom. The molecule has 0 radical (unpaired) electrons. The smallest absolute Gasteiger partial charge is 0.271 e. The molecule has 0 atom stereocenters. The largest absolute Gasteiger partial charge is 0.398 e. The quantitative estimate of drug-likeness (QED) is 0.495. The third-order valence-corrected chi connectivity index (χ3v) is 2.29. The molecule has 0 amide bonds. The van der Waals surface area contributed by atoms with Crippen molar-refractivity contribution in [3.8, 4) is 11.5 Å². The lowest BCUT2D eigenvalue weighted by Crippen LogP contribution is -2.10. The average Bonchev–Trinajstić information content (AvgIpc) is 2.78. The molecular formula is C10H11N5O3. The minimum atomic E-state index is -0.515. The SMILES string of the molecule is CN(C)c1noc(-c2ccc([N+](=O)[O-])cc2N)n1. The fourth-order valence-electron chi connectivity index (χ4n) is 1.37. The van der Waals surface area contributed by atoms with Crippen LogP contribution in [0.25, 0.3) is 11.5 Å². The van der Waals surface area contributed by atoms with Crippen molar-refractivity contribution in [2.45, 2.75) is 0 Å². The second kappa shape index (κ2) is 4.32. The first-order valence-electron chi connectivity index (χ1n) is 5.04. The van der Waals surface area contributed by atoms with Gasteiger partial charge in [-0.2, -0.15) is 4.98 Å². The second-order valence-corrected chi connectivity index (χ2v) is 3.82. The first kappa shape index (κ1) is 11.8. The van der Waals surface area contributed by atoms with Gasteiger partial charge < -0.3 is 15.2 Å². The lowest BCUT2D eigenvalue weighted by atomic mass is 10.1. The van der Waals surface area contributed by atoms with E-state index in [4.69, 9.17) is 10.3 Å². The molecule has 0 aliphatic heterocycles. The van der Waals surface area contributed by atoms with E-state index in [0.29, 0.717) is 11.5 Å². The van der Waals surface area contributed by atoms with Crippen LogP contribution < -0.4 is 10.6 Å². The van der Waals surface area contributed by atoms with E-state index in [1.807, 2.05) is 0 Å². The lowest BCUT2D eigenvalue weighted by molar-refractivity contribution is -0.384. The molecule has 1 aromatic heterocycles. The molecule has 0 unspecified atom stereocenters. The molecule has 94 valence electrons. The van der Waals surface area contributed by atoms with Crippen molar-refractivity contribution in [3.05, 3.63) is 28.3 Å². The maximum atomic E-state index is 10.6. The van der Waals surface area contributed by atoms with Crippen LogP contribution in [0.15, 0.2) is 22.7 Å². The number of nitrogens with two attached hydrogens (primary N) is 1. The first-order chi connectivity index (χ1) is 8.49. The Morgan fingerprint density at radius 3 is 2.67 bits per heavy atom. The van der Waals surface area contributed by atoms with Crippen molar-refractivity contribution >= 4 is 17.3 Å². The molecule has 0 aliphatic rings. The summed E-state index contributed by atoms with van der Waals surface area (Å²) in [4.78, 5) is 15.9. The number of aromatic nitrogens is 2. The summed E-state index contributed by atoms with van der Waals surface area (Å²) in [6.45, 7) is 0. The summed E-state index contributed by atoms with van der Waals surface area (Å²) >= 11 is 0. The molecule has 2 N–H and O–H groups in total. The van der Waals surface area contributed by atoms with Crippen LogP contribution in [0.1, 0.15) is 0 Å². The van der Waals surface area contributed by atoms with E-state index < -0.39 is 4.92 Å². The fourth-order valence-corrected chi connectivity index (χ4v) is 1.37. The highest BCUT2D eigenvalue weighted by atomic mass is 16.6. The van der Waals surface area contributed by atoms with Crippen molar-refractivity contribution in [3.63, 3.8) is 0 Å². The summed E-state index contributed by atoms with van der Waals surface area (Å²) in [6, 6.07) is 4.08. The number of hydrogen-bond donors (Lipinski definition) is 1. The van der Waals surface area contributed by atoms with Gasteiger partial charge in [0.15, 0.2) is 0 Å². The highest BCUT2D eigenvalue weighted by Crippen LogP contribution is 2.28. The van der Waals surface area contributed by atoms with Gasteiger partial charge in [-0.3, -0.25) is 10.1 Å². The zero-order valence-corrected chi connectivity index (χ0v) is 9.82. The van der Waals surface area contributed by atoms with Crippen LogP contribution in [0, 0.1) is 10.1 Å². The highest BCUT2D eigenvalue weighted by Gasteiger charge is 2.15. The Labute approximate surface area is 102 Å². The van der Waals surface area contributed by atoms with E-state index in [9.17, 15) is 10.1 Å². The molecule has 0 aliphatic carbocycles. The van der Waals surface area contributed by atoms with E-state index in [1.165, 1.54) is 18.2 Å².